The van der Waals surface area contributed by atoms with Crippen molar-refractivity contribution in [2.75, 3.05) is 19.6 Å². The van der Waals surface area contributed by atoms with Crippen molar-refractivity contribution in [2.24, 2.45) is 0 Å². The molecule has 0 saturated carbocycles. The van der Waals surface area contributed by atoms with Gasteiger partial charge in [-0.05, 0) is 191 Å². The average molecular weight is 1140 g/mol. The molecule has 0 amide bonds. The highest BCUT2D eigenvalue weighted by molar-refractivity contribution is 7.03. The summed E-state index contributed by atoms with van der Waals surface area (Å²) in [6.07, 6.45) is 0. The number of anilines is 12. The van der Waals surface area contributed by atoms with Crippen LogP contribution in [0.25, 0.3) is 22.1 Å². The summed E-state index contributed by atoms with van der Waals surface area (Å²) < 4.78 is 7.51. The molecule has 11 aromatic rings. The first-order chi connectivity index (χ1) is 41.9. The van der Waals surface area contributed by atoms with Gasteiger partial charge in [0.25, 0.3) is 13.4 Å². The zero-order valence-electron chi connectivity index (χ0n) is 53.5. The highest BCUT2D eigenvalue weighted by atomic mass is 16.3. The summed E-state index contributed by atoms with van der Waals surface area (Å²) in [5.41, 5.74) is 32.3. The predicted octanol–water partition coefficient (Wildman–Crippen LogP) is 18.1. The maximum absolute atomic E-state index is 7.51. The van der Waals surface area contributed by atoms with Gasteiger partial charge in [-0.2, -0.15) is 0 Å². The molecule has 5 nitrogen and oxygen atoms in total. The van der Waals surface area contributed by atoms with E-state index in [0.29, 0.717) is 0 Å². The number of fused-ring (bicyclic) bond motifs is 13. The van der Waals surface area contributed by atoms with Crippen LogP contribution < -0.4 is 52.6 Å². The molecule has 5 heterocycles. The lowest BCUT2D eigenvalue weighted by Crippen LogP contribution is -2.65. The molecule has 16 rings (SSSR count). The molecule has 0 atom stereocenters. The van der Waals surface area contributed by atoms with E-state index in [-0.39, 0.29) is 40.5 Å². The maximum Gasteiger partial charge on any atom is 0.297 e. The van der Waals surface area contributed by atoms with Gasteiger partial charge < -0.3 is 24.0 Å². The summed E-state index contributed by atoms with van der Waals surface area (Å²) in [5, 5.41) is 1.10. The van der Waals surface area contributed by atoms with Crippen LogP contribution in [0.1, 0.15) is 130 Å². The Labute approximate surface area is 521 Å². The van der Waals surface area contributed by atoms with Crippen LogP contribution in [0, 0.1) is 0 Å². The van der Waals surface area contributed by atoms with Gasteiger partial charge in [0.2, 0.25) is 0 Å². The molecular weight excluding hydrogens is 1070 g/mol. The lowest BCUT2D eigenvalue weighted by Gasteiger charge is -2.46. The number of benzene rings is 10. The van der Waals surface area contributed by atoms with E-state index in [0.717, 1.165) is 62.1 Å². The van der Waals surface area contributed by atoms with Crippen LogP contribution in [0.3, 0.4) is 0 Å². The monoisotopic (exact) mass is 1140 g/mol. The third kappa shape index (κ3) is 7.94. The van der Waals surface area contributed by atoms with Crippen molar-refractivity contribution in [3.8, 4) is 11.1 Å². The Kier molecular flexibility index (Phi) is 11.5. The Morgan fingerprint density at radius 3 is 1.19 bits per heavy atom. The van der Waals surface area contributed by atoms with Crippen molar-refractivity contribution in [3.63, 3.8) is 0 Å². The van der Waals surface area contributed by atoms with E-state index in [1.165, 1.54) is 94.6 Å². The second-order valence-electron chi connectivity index (χ2n) is 30.2. The zero-order chi connectivity index (χ0) is 60.9. The van der Waals surface area contributed by atoms with Crippen LogP contribution in [0.4, 0.5) is 68.2 Å². The van der Waals surface area contributed by atoms with Crippen LogP contribution in [0.5, 0.6) is 0 Å². The summed E-state index contributed by atoms with van der Waals surface area (Å²) >= 11 is 0. The Hall–Kier alpha value is -8.93. The number of hydrogen-bond donors (Lipinski definition) is 0. The van der Waals surface area contributed by atoms with E-state index >= 15 is 0 Å². The van der Waals surface area contributed by atoms with Crippen LogP contribution in [0.2, 0.25) is 0 Å². The Balaban J connectivity index is 1.02. The molecule has 1 aliphatic carbocycles. The number of hydrogen-bond acceptors (Lipinski definition) is 5. The standard InChI is InChI=1S/C81H76B2N4O/c1-77(2,3)49-29-37-53(38-30-49)84-65-24-19-25-66-73(65)82(62-46-61-59(45-69(62)84)57-21-15-17-23-60(57)81(61,13)14)63-47-64-71(48-70(63)85(66)54-39-31-50(32-40-54)78(4,5)6)86(55-41-33-51(34-42-55)79(7,8)9)67-26-20-27-68-74(67)83(64)76-75(58-22-16-18-28-72(58)88-76)87(68)56-43-35-52(36-44-56)80(10,11)12/h15-48H,1-14H3. The molecular formula is C81H76B2N4O. The average Bonchev–Trinajstić information content (AvgIpc) is 1.03. The first kappa shape index (κ1) is 54.5. The topological polar surface area (TPSA) is 26.1 Å². The van der Waals surface area contributed by atoms with E-state index in [4.69, 9.17) is 4.42 Å². The van der Waals surface area contributed by atoms with E-state index in [2.05, 4.69) is 323 Å². The van der Waals surface area contributed by atoms with Crippen LogP contribution in [-0.4, -0.2) is 13.4 Å². The van der Waals surface area contributed by atoms with Gasteiger partial charge in [-0.3, -0.25) is 0 Å². The summed E-state index contributed by atoms with van der Waals surface area (Å²) in [5.74, 6) is 0. The fourth-order valence-electron chi connectivity index (χ4n) is 15.5. The lowest BCUT2D eigenvalue weighted by atomic mass is 9.31. The fourth-order valence-corrected chi connectivity index (χ4v) is 15.5. The first-order valence-corrected chi connectivity index (χ1v) is 31.8. The van der Waals surface area contributed by atoms with Crippen LogP contribution >= 0.6 is 0 Å². The van der Waals surface area contributed by atoms with Crippen molar-refractivity contribution in [3.05, 3.63) is 240 Å². The van der Waals surface area contributed by atoms with Crippen molar-refractivity contribution in [1.29, 1.82) is 0 Å². The van der Waals surface area contributed by atoms with Gasteiger partial charge in [0.05, 0.1) is 11.3 Å². The molecule has 88 heavy (non-hydrogen) atoms. The molecule has 4 aliphatic heterocycles. The largest absolute Gasteiger partial charge is 0.468 e. The quantitative estimate of drug-likeness (QED) is 0.164. The summed E-state index contributed by atoms with van der Waals surface area (Å²) in [6.45, 7) is 32.1. The van der Waals surface area contributed by atoms with Crippen molar-refractivity contribution >= 4 is 126 Å². The smallest absolute Gasteiger partial charge is 0.297 e. The molecule has 10 aromatic carbocycles. The van der Waals surface area contributed by atoms with Crippen molar-refractivity contribution in [1.82, 2.24) is 0 Å². The minimum Gasteiger partial charge on any atom is -0.468 e. The SMILES string of the molecule is CC(C)(C)c1ccc(N2c3cc4c(cc3B3c5cc6c(cc5N(c5ccc(C(C)(C)C)cc5)c5cccc2c53)N(c2ccc(C(C)(C)C)cc2)c2cccc3c2B6c2oc5ccccc5c2N3c2ccc(C(C)(C)C)cc2)C(C)(C)c2ccccc2-4)cc1. The fraction of sp³-hybridized carbons (Fsp3) is 0.235. The molecule has 5 aliphatic rings. The van der Waals surface area contributed by atoms with Gasteiger partial charge in [-0.25, -0.2) is 0 Å². The molecule has 0 radical (unpaired) electrons. The molecule has 432 valence electrons. The van der Waals surface area contributed by atoms with E-state index < -0.39 is 0 Å². The molecule has 0 saturated heterocycles. The number of rotatable bonds is 4. The van der Waals surface area contributed by atoms with Gasteiger partial charge in [0.1, 0.15) is 5.58 Å². The molecule has 0 unspecified atom stereocenters. The van der Waals surface area contributed by atoms with Gasteiger partial charge in [-0.15, -0.1) is 0 Å². The number of nitrogens with zero attached hydrogens (tertiary/aromatic N) is 4. The lowest BCUT2D eigenvalue weighted by molar-refractivity contribution is 0.590. The minimum atomic E-state index is -0.255. The van der Waals surface area contributed by atoms with Crippen LogP contribution in [-0.2, 0) is 27.1 Å². The van der Waals surface area contributed by atoms with Gasteiger partial charge in [0.15, 0.2) is 0 Å². The maximum atomic E-state index is 7.51. The van der Waals surface area contributed by atoms with E-state index in [1.54, 1.807) is 0 Å². The Morgan fingerprint density at radius 1 is 0.330 bits per heavy atom. The highest BCUT2D eigenvalue weighted by Gasteiger charge is 2.51. The summed E-state index contributed by atoms with van der Waals surface area (Å²) in [6, 6.07) is 79.7. The number of para-hydroxylation sites is 1. The van der Waals surface area contributed by atoms with Crippen molar-refractivity contribution in [2.45, 2.75) is 124 Å². The molecule has 0 bridgehead atoms. The molecule has 0 fully saturated rings. The van der Waals surface area contributed by atoms with Crippen LogP contribution in [0.15, 0.2) is 211 Å². The molecule has 0 N–H and O–H groups in total. The van der Waals surface area contributed by atoms with Gasteiger partial charge >= 0.3 is 0 Å². The third-order valence-corrected chi connectivity index (χ3v) is 20.3. The normalized spacial score (nSPS) is 15.1. The second-order valence-corrected chi connectivity index (χ2v) is 30.2. The minimum absolute atomic E-state index is 0.000358. The summed E-state index contributed by atoms with van der Waals surface area (Å²) in [7, 11) is 0. The third-order valence-electron chi connectivity index (χ3n) is 20.3. The van der Waals surface area contributed by atoms with Gasteiger partial charge in [-0.1, -0.05) is 206 Å². The number of furan rings is 1. The second kappa shape index (κ2) is 18.6. The molecule has 0 spiro atoms. The zero-order valence-corrected chi connectivity index (χ0v) is 53.5. The Morgan fingerprint density at radius 2 is 0.716 bits per heavy atom. The summed E-state index contributed by atoms with van der Waals surface area (Å²) in [4.78, 5) is 10.3. The molecule has 7 heteroatoms. The van der Waals surface area contributed by atoms with Crippen molar-refractivity contribution < 1.29 is 4.42 Å². The highest BCUT2D eigenvalue weighted by Crippen LogP contribution is 2.54. The molecule has 1 aromatic heterocycles. The van der Waals surface area contributed by atoms with E-state index in [9.17, 15) is 0 Å². The van der Waals surface area contributed by atoms with Gasteiger partial charge in [0, 0.05) is 73.4 Å². The van der Waals surface area contributed by atoms with E-state index in [1.807, 2.05) is 0 Å². The Bertz CT molecular complexity index is 4700. The predicted molar refractivity (Wildman–Crippen MR) is 377 cm³/mol. The first-order valence-electron chi connectivity index (χ1n) is 31.8.